The SMILES string of the molecule is Cn1ncc(Br)c1C(=O)c1ccc(F)cc1Cl. The highest BCUT2D eigenvalue weighted by Gasteiger charge is 2.19. The van der Waals surface area contributed by atoms with Crippen molar-refractivity contribution < 1.29 is 9.18 Å². The molecule has 0 saturated carbocycles. The summed E-state index contributed by atoms with van der Waals surface area (Å²) in [6.07, 6.45) is 1.52. The minimum atomic E-state index is -0.476. The number of aryl methyl sites for hydroxylation is 1. The Labute approximate surface area is 110 Å². The molecule has 17 heavy (non-hydrogen) atoms. The van der Waals surface area contributed by atoms with Crippen LogP contribution in [0, 0.1) is 5.82 Å². The second-order valence-corrected chi connectivity index (χ2v) is 4.68. The number of hydrogen-bond acceptors (Lipinski definition) is 2. The topological polar surface area (TPSA) is 34.9 Å². The molecule has 2 rings (SSSR count). The number of carbonyl (C=O) groups is 1. The Hall–Kier alpha value is -1.20. The number of carbonyl (C=O) groups excluding carboxylic acids is 1. The van der Waals surface area contributed by atoms with Gasteiger partial charge in [-0.1, -0.05) is 11.6 Å². The molecule has 0 radical (unpaired) electrons. The van der Waals surface area contributed by atoms with Gasteiger partial charge in [0, 0.05) is 12.6 Å². The summed E-state index contributed by atoms with van der Waals surface area (Å²) in [5, 5.41) is 4.03. The molecule has 0 fully saturated rings. The number of aromatic nitrogens is 2. The molecule has 1 aromatic carbocycles. The van der Waals surface area contributed by atoms with Crippen LogP contribution >= 0.6 is 27.5 Å². The summed E-state index contributed by atoms with van der Waals surface area (Å²) in [7, 11) is 1.65. The second kappa shape index (κ2) is 4.58. The van der Waals surface area contributed by atoms with E-state index in [0.29, 0.717) is 10.2 Å². The van der Waals surface area contributed by atoms with E-state index in [9.17, 15) is 9.18 Å². The van der Waals surface area contributed by atoms with Crippen LogP contribution < -0.4 is 0 Å². The third kappa shape index (κ3) is 2.25. The van der Waals surface area contributed by atoms with Gasteiger partial charge in [-0.25, -0.2) is 4.39 Å². The summed E-state index contributed by atoms with van der Waals surface area (Å²) < 4.78 is 14.9. The third-order valence-electron chi connectivity index (χ3n) is 2.28. The molecule has 2 aromatic rings. The zero-order valence-electron chi connectivity index (χ0n) is 8.75. The van der Waals surface area contributed by atoms with Crippen molar-refractivity contribution >= 4 is 33.3 Å². The Balaban J connectivity index is 2.51. The van der Waals surface area contributed by atoms with E-state index in [4.69, 9.17) is 11.6 Å². The van der Waals surface area contributed by atoms with Crippen molar-refractivity contribution in [2.45, 2.75) is 0 Å². The molecule has 1 heterocycles. The highest BCUT2D eigenvalue weighted by molar-refractivity contribution is 9.10. The molecule has 0 saturated heterocycles. The fourth-order valence-electron chi connectivity index (χ4n) is 1.47. The molecule has 0 aliphatic rings. The molecule has 88 valence electrons. The molecule has 0 N–H and O–H groups in total. The first-order valence-corrected chi connectivity index (χ1v) is 5.85. The minimum Gasteiger partial charge on any atom is -0.287 e. The molecule has 0 atom stereocenters. The molecule has 0 amide bonds. The van der Waals surface area contributed by atoms with Crippen LogP contribution in [0.4, 0.5) is 4.39 Å². The van der Waals surface area contributed by atoms with Gasteiger partial charge in [0.25, 0.3) is 0 Å². The molecule has 0 spiro atoms. The van der Waals surface area contributed by atoms with Crippen LogP contribution in [0.1, 0.15) is 16.1 Å². The number of benzene rings is 1. The standard InChI is InChI=1S/C11H7BrClFN2O/c1-16-10(8(12)5-15-16)11(17)7-3-2-6(14)4-9(7)13/h2-5H,1H3. The Bertz CT molecular complexity index is 578. The predicted molar refractivity (Wildman–Crippen MR) is 65.8 cm³/mol. The van der Waals surface area contributed by atoms with Crippen LogP contribution in [-0.4, -0.2) is 15.6 Å². The van der Waals surface area contributed by atoms with Gasteiger partial charge in [-0.3, -0.25) is 9.48 Å². The smallest absolute Gasteiger partial charge is 0.213 e. The van der Waals surface area contributed by atoms with Gasteiger partial charge in [0.1, 0.15) is 11.5 Å². The molecule has 0 bridgehead atoms. The van der Waals surface area contributed by atoms with Crippen molar-refractivity contribution in [2.24, 2.45) is 7.05 Å². The van der Waals surface area contributed by atoms with Crippen molar-refractivity contribution in [3.8, 4) is 0 Å². The third-order valence-corrected chi connectivity index (χ3v) is 3.18. The number of halogens is 3. The predicted octanol–water partition coefficient (Wildman–Crippen LogP) is 3.21. The zero-order chi connectivity index (χ0) is 12.6. The maximum atomic E-state index is 12.9. The normalized spacial score (nSPS) is 10.6. The average molecular weight is 318 g/mol. The zero-order valence-corrected chi connectivity index (χ0v) is 11.1. The van der Waals surface area contributed by atoms with Crippen LogP contribution in [0.5, 0.6) is 0 Å². The summed E-state index contributed by atoms with van der Waals surface area (Å²) in [6, 6.07) is 3.67. The average Bonchev–Trinajstić information content (AvgIpc) is 2.58. The van der Waals surface area contributed by atoms with Crippen LogP contribution in [0.2, 0.25) is 5.02 Å². The minimum absolute atomic E-state index is 0.0862. The van der Waals surface area contributed by atoms with Gasteiger partial charge < -0.3 is 0 Å². The van der Waals surface area contributed by atoms with Crippen LogP contribution in [0.15, 0.2) is 28.9 Å². The lowest BCUT2D eigenvalue weighted by atomic mass is 10.1. The summed E-state index contributed by atoms with van der Waals surface area (Å²) in [5.41, 5.74) is 0.621. The van der Waals surface area contributed by atoms with Gasteiger partial charge in [0.15, 0.2) is 0 Å². The van der Waals surface area contributed by atoms with E-state index in [1.807, 2.05) is 0 Å². The number of rotatable bonds is 2. The van der Waals surface area contributed by atoms with E-state index in [-0.39, 0.29) is 16.4 Å². The first-order chi connectivity index (χ1) is 8.00. The van der Waals surface area contributed by atoms with Crippen molar-refractivity contribution in [1.82, 2.24) is 9.78 Å². The second-order valence-electron chi connectivity index (χ2n) is 3.42. The molecule has 6 heteroatoms. The number of ketones is 1. The maximum Gasteiger partial charge on any atom is 0.213 e. The number of hydrogen-bond donors (Lipinski definition) is 0. The van der Waals surface area contributed by atoms with E-state index in [0.717, 1.165) is 6.07 Å². The summed E-state index contributed by atoms with van der Waals surface area (Å²) in [6.45, 7) is 0. The summed E-state index contributed by atoms with van der Waals surface area (Å²) in [4.78, 5) is 12.2. The highest BCUT2D eigenvalue weighted by atomic mass is 79.9. The lowest BCUT2D eigenvalue weighted by Gasteiger charge is -2.04. The Morgan fingerprint density at radius 1 is 1.53 bits per heavy atom. The number of nitrogens with zero attached hydrogens (tertiary/aromatic N) is 2. The lowest BCUT2D eigenvalue weighted by molar-refractivity contribution is 0.102. The highest BCUT2D eigenvalue weighted by Crippen LogP contribution is 2.24. The molecule has 1 aromatic heterocycles. The Morgan fingerprint density at radius 3 is 2.76 bits per heavy atom. The van der Waals surface area contributed by atoms with Gasteiger partial charge >= 0.3 is 0 Å². The van der Waals surface area contributed by atoms with E-state index < -0.39 is 5.82 Å². The van der Waals surface area contributed by atoms with E-state index in [1.54, 1.807) is 7.05 Å². The van der Waals surface area contributed by atoms with E-state index >= 15 is 0 Å². The monoisotopic (exact) mass is 316 g/mol. The largest absolute Gasteiger partial charge is 0.287 e. The maximum absolute atomic E-state index is 12.9. The van der Waals surface area contributed by atoms with Gasteiger partial charge in [-0.2, -0.15) is 5.10 Å². The first-order valence-electron chi connectivity index (χ1n) is 4.68. The van der Waals surface area contributed by atoms with Crippen LogP contribution in [0.3, 0.4) is 0 Å². The lowest BCUT2D eigenvalue weighted by Crippen LogP contribution is -2.09. The van der Waals surface area contributed by atoms with Gasteiger partial charge in [0.05, 0.1) is 15.7 Å². The fourth-order valence-corrected chi connectivity index (χ4v) is 2.25. The molecular weight excluding hydrogens is 310 g/mol. The van der Waals surface area contributed by atoms with Gasteiger partial charge in [-0.15, -0.1) is 0 Å². The quantitative estimate of drug-likeness (QED) is 0.797. The fraction of sp³-hybridized carbons (Fsp3) is 0.0909. The van der Waals surface area contributed by atoms with Gasteiger partial charge in [-0.05, 0) is 34.1 Å². The van der Waals surface area contributed by atoms with Crippen LogP contribution in [-0.2, 0) is 7.05 Å². The molecular formula is C11H7BrClFN2O. The molecule has 0 unspecified atom stereocenters. The molecule has 3 nitrogen and oxygen atoms in total. The molecule has 0 aliphatic heterocycles. The Kier molecular flexibility index (Phi) is 3.31. The van der Waals surface area contributed by atoms with Crippen molar-refractivity contribution in [3.63, 3.8) is 0 Å². The van der Waals surface area contributed by atoms with Gasteiger partial charge in [0.2, 0.25) is 5.78 Å². The van der Waals surface area contributed by atoms with Crippen molar-refractivity contribution in [1.29, 1.82) is 0 Å². The first kappa shape index (κ1) is 12.3. The van der Waals surface area contributed by atoms with E-state index in [1.165, 1.54) is 23.0 Å². The summed E-state index contributed by atoms with van der Waals surface area (Å²) in [5.74, 6) is -0.780. The van der Waals surface area contributed by atoms with E-state index in [2.05, 4.69) is 21.0 Å². The van der Waals surface area contributed by atoms with Crippen molar-refractivity contribution in [2.75, 3.05) is 0 Å². The van der Waals surface area contributed by atoms with Crippen molar-refractivity contribution in [3.05, 3.63) is 51.0 Å². The summed E-state index contributed by atoms with van der Waals surface area (Å²) >= 11 is 9.07. The molecule has 0 aliphatic carbocycles. The Morgan fingerprint density at radius 2 is 2.24 bits per heavy atom. The van der Waals surface area contributed by atoms with Crippen LogP contribution in [0.25, 0.3) is 0 Å².